The van der Waals surface area contributed by atoms with E-state index in [1.165, 1.54) is 63.8 Å². The minimum absolute atomic E-state index is 0.0793. The van der Waals surface area contributed by atoms with Gasteiger partial charge in [0.15, 0.2) is 0 Å². The Morgan fingerprint density at radius 2 is 1.45 bits per heavy atom. The van der Waals surface area contributed by atoms with Crippen LogP contribution in [0.1, 0.15) is 63.0 Å². The van der Waals surface area contributed by atoms with Gasteiger partial charge in [0.2, 0.25) is 0 Å². The topological polar surface area (TPSA) is 20.2 Å². The molecule has 0 saturated carbocycles. The third kappa shape index (κ3) is 8.02. The average Bonchev–Trinajstić information content (AvgIpc) is 2.48. The van der Waals surface area contributed by atoms with Crippen LogP contribution in [-0.2, 0) is 12.8 Å². The van der Waals surface area contributed by atoms with E-state index in [0.29, 0.717) is 0 Å². The summed E-state index contributed by atoms with van der Waals surface area (Å²) in [4.78, 5) is 9.08. The zero-order chi connectivity index (χ0) is 14.5. The van der Waals surface area contributed by atoms with Gasteiger partial charge < -0.3 is 4.80 Å². The monoisotopic (exact) mass is 308 g/mol. The van der Waals surface area contributed by atoms with Gasteiger partial charge in [0.1, 0.15) is 9.28 Å². The fourth-order valence-corrected chi connectivity index (χ4v) is 5.02. The van der Waals surface area contributed by atoms with E-state index in [9.17, 15) is 0 Å². The molecule has 1 rings (SSSR count). The number of rotatable bonds is 12. The van der Waals surface area contributed by atoms with E-state index >= 15 is 0 Å². The van der Waals surface area contributed by atoms with E-state index in [4.69, 9.17) is 4.80 Å². The van der Waals surface area contributed by atoms with Crippen LogP contribution >= 0.6 is 0 Å². The zero-order valence-corrected chi connectivity index (χ0v) is 16.1. The average molecular weight is 309 g/mol. The largest absolute Gasteiger partial charge is 0.442 e. The minimum Gasteiger partial charge on any atom is -0.442 e. The molecule has 3 heteroatoms. The molecule has 0 heterocycles. The van der Waals surface area contributed by atoms with Gasteiger partial charge in [-0.2, -0.15) is 0 Å². The summed E-state index contributed by atoms with van der Waals surface area (Å²) in [6, 6.07) is 10.3. The van der Waals surface area contributed by atoms with Crippen molar-refractivity contribution in [3.8, 4) is 0 Å². The molecule has 114 valence electrons. The lowest BCUT2D eigenvalue weighted by Gasteiger charge is -2.09. The molecule has 1 N–H and O–H groups in total. The van der Waals surface area contributed by atoms with Gasteiger partial charge in [0, 0.05) is 9.04 Å². The van der Waals surface area contributed by atoms with Gasteiger partial charge in [-0.1, -0.05) is 75.8 Å². The van der Waals surface area contributed by atoms with Crippen molar-refractivity contribution >= 4 is 18.3 Å². The quantitative estimate of drug-likeness (QED) is 0.465. The van der Waals surface area contributed by atoms with Crippen molar-refractivity contribution in [1.82, 2.24) is 0 Å². The summed E-state index contributed by atoms with van der Waals surface area (Å²) in [5.41, 5.74) is 3.11. The van der Waals surface area contributed by atoms with Crippen molar-refractivity contribution in [3.05, 3.63) is 35.4 Å². The smallest absolute Gasteiger partial charge is 0.138 e. The molecule has 0 spiro atoms. The van der Waals surface area contributed by atoms with Crippen molar-refractivity contribution in [2.75, 3.05) is 0 Å². The van der Waals surface area contributed by atoms with Crippen LogP contribution in [0.3, 0.4) is 0 Å². The van der Waals surface area contributed by atoms with Crippen LogP contribution in [0.15, 0.2) is 24.3 Å². The van der Waals surface area contributed by atoms with Crippen LogP contribution in [-0.4, -0.2) is 23.1 Å². The Balaban J connectivity index is 2.21. The maximum absolute atomic E-state index is 9.08. The van der Waals surface area contributed by atoms with E-state index in [1.54, 1.807) is 11.1 Å². The summed E-state index contributed by atoms with van der Waals surface area (Å²) in [6.45, 7) is 2.28. The molecule has 1 aromatic rings. The molecule has 0 aliphatic heterocycles. The lowest BCUT2D eigenvalue weighted by atomic mass is 9.99. The number of hydrogen-bond donors (Lipinski definition) is 1. The summed E-state index contributed by atoms with van der Waals surface area (Å²) in [5, 5.41) is 0. The van der Waals surface area contributed by atoms with Crippen LogP contribution in [0, 0.1) is 0 Å². The van der Waals surface area contributed by atoms with Gasteiger partial charge in [-0.15, -0.1) is 0 Å². The normalized spacial score (nSPS) is 12.1. The first kappa shape index (κ1) is 17.7. The van der Waals surface area contributed by atoms with Gasteiger partial charge in [-0.3, -0.25) is 0 Å². The summed E-state index contributed by atoms with van der Waals surface area (Å²) < 4.78 is 0. The van der Waals surface area contributed by atoms with Gasteiger partial charge in [-0.05, 0) is 30.4 Å². The minimum atomic E-state index is -0.605. The van der Waals surface area contributed by atoms with Gasteiger partial charge in [0.05, 0.1) is 0 Å². The number of unbranched alkanes of at least 4 members (excludes halogenated alkanes) is 6. The molecule has 0 fully saturated rings. The summed E-state index contributed by atoms with van der Waals surface area (Å²) in [7, 11) is -0.685. The van der Waals surface area contributed by atoms with Gasteiger partial charge in [0.25, 0.3) is 0 Å². The molecule has 0 bridgehead atoms. The van der Waals surface area contributed by atoms with E-state index in [2.05, 4.69) is 31.2 Å². The molecule has 1 nitrogen and oxygen atoms in total. The Morgan fingerprint density at radius 1 is 0.850 bits per heavy atom. The summed E-state index contributed by atoms with van der Waals surface area (Å²) in [5.74, 6) is 0. The van der Waals surface area contributed by atoms with Crippen molar-refractivity contribution < 1.29 is 4.80 Å². The van der Waals surface area contributed by atoms with Crippen LogP contribution < -0.4 is 0 Å². The highest BCUT2D eigenvalue weighted by Crippen LogP contribution is 2.15. The number of hydrogen-bond acceptors (Lipinski definition) is 1. The highest BCUT2D eigenvalue weighted by Gasteiger charge is 2.02. The van der Waals surface area contributed by atoms with Crippen LogP contribution in [0.25, 0.3) is 0 Å². The van der Waals surface area contributed by atoms with Gasteiger partial charge in [-0.25, -0.2) is 0 Å². The van der Waals surface area contributed by atoms with E-state index in [1.807, 2.05) is 0 Å². The van der Waals surface area contributed by atoms with Crippen molar-refractivity contribution in [2.45, 2.75) is 70.8 Å². The van der Waals surface area contributed by atoms with E-state index in [0.717, 1.165) is 0 Å². The highest BCUT2D eigenvalue weighted by atomic mass is 29.2. The second kappa shape index (κ2) is 12.4. The predicted molar refractivity (Wildman–Crippen MR) is 96.0 cm³/mol. The molecule has 0 aliphatic rings. The standard InChI is InChI=1S/C17H32OSi2/c1-2-3-4-5-6-7-8-11-16-12-9-10-13-17(16)14-15-19-20-18/h9-10,12-13,18H,2-8,11,14-15,19-20H2,1H3. The van der Waals surface area contributed by atoms with Crippen molar-refractivity contribution in [2.24, 2.45) is 0 Å². The van der Waals surface area contributed by atoms with Crippen LogP contribution in [0.5, 0.6) is 0 Å². The molecular weight excluding hydrogens is 276 g/mol. The highest BCUT2D eigenvalue weighted by molar-refractivity contribution is 6.96. The molecule has 20 heavy (non-hydrogen) atoms. The van der Waals surface area contributed by atoms with Crippen LogP contribution in [0.4, 0.5) is 0 Å². The second-order valence-corrected chi connectivity index (χ2v) is 11.1. The van der Waals surface area contributed by atoms with Crippen LogP contribution in [0.2, 0.25) is 6.04 Å². The maximum atomic E-state index is 9.08. The third-order valence-electron chi connectivity index (χ3n) is 4.02. The lowest BCUT2D eigenvalue weighted by Crippen LogP contribution is -2.04. The molecule has 0 saturated heterocycles. The third-order valence-corrected chi connectivity index (χ3v) is 7.64. The first-order chi connectivity index (χ1) is 9.88. The molecule has 0 radical (unpaired) electrons. The SMILES string of the molecule is CCCCCCCCCc1ccccc1CC[SiH2][SiH2]O. The Morgan fingerprint density at radius 3 is 2.10 bits per heavy atom. The zero-order valence-electron chi connectivity index (χ0n) is 13.2. The molecular formula is C17H32OSi2. The Hall–Kier alpha value is -0.386. The first-order valence-electron chi connectivity index (χ1n) is 8.56. The molecule has 1 aromatic carbocycles. The fourth-order valence-electron chi connectivity index (χ4n) is 2.75. The maximum Gasteiger partial charge on any atom is 0.138 e. The molecule has 0 aromatic heterocycles. The molecule has 0 unspecified atom stereocenters. The van der Waals surface area contributed by atoms with Crippen molar-refractivity contribution in [3.63, 3.8) is 0 Å². The fraction of sp³-hybridized carbons (Fsp3) is 0.647. The summed E-state index contributed by atoms with van der Waals surface area (Å²) >= 11 is 0. The Bertz CT molecular complexity index is 342. The molecule has 0 aliphatic carbocycles. The Labute approximate surface area is 129 Å². The molecule has 0 atom stereocenters. The predicted octanol–water partition coefficient (Wildman–Crippen LogP) is 3.10. The molecule has 0 amide bonds. The number of aryl methyl sites for hydroxylation is 2. The van der Waals surface area contributed by atoms with Crippen molar-refractivity contribution in [1.29, 1.82) is 0 Å². The number of benzene rings is 1. The van der Waals surface area contributed by atoms with E-state index in [-0.39, 0.29) is 9.04 Å². The first-order valence-corrected chi connectivity index (χ1v) is 14.2. The van der Waals surface area contributed by atoms with E-state index < -0.39 is 9.28 Å². The van der Waals surface area contributed by atoms with Gasteiger partial charge >= 0.3 is 0 Å². The summed E-state index contributed by atoms with van der Waals surface area (Å²) in [6.07, 6.45) is 12.2. The second-order valence-electron chi connectivity index (χ2n) is 5.82. The lowest BCUT2D eigenvalue weighted by molar-refractivity contribution is 0.588. The Kier molecular flexibility index (Phi) is 10.9.